The van der Waals surface area contributed by atoms with E-state index in [1.165, 1.54) is 0 Å². The molecule has 1 N–H and O–H groups in total. The topological polar surface area (TPSA) is 49.4 Å². The van der Waals surface area contributed by atoms with E-state index in [1.807, 2.05) is 0 Å². The molecule has 86 valence electrons. The van der Waals surface area contributed by atoms with Gasteiger partial charge in [0.2, 0.25) is 5.91 Å². The molecular weight excluding hydrogens is 192 g/mol. The van der Waals surface area contributed by atoms with Crippen molar-refractivity contribution in [2.45, 2.75) is 33.2 Å². The first-order chi connectivity index (χ1) is 6.99. The summed E-state index contributed by atoms with van der Waals surface area (Å²) < 4.78 is 0. The Kier molecular flexibility index (Phi) is 4.27. The van der Waals surface area contributed by atoms with E-state index in [0.29, 0.717) is 25.4 Å². The second-order valence-electron chi connectivity index (χ2n) is 4.61. The van der Waals surface area contributed by atoms with Crippen molar-refractivity contribution in [2.75, 3.05) is 19.6 Å². The van der Waals surface area contributed by atoms with Crippen LogP contribution in [0.4, 0.5) is 0 Å². The van der Waals surface area contributed by atoms with Crippen LogP contribution in [0.3, 0.4) is 0 Å². The Balaban J connectivity index is 2.60. The zero-order valence-corrected chi connectivity index (χ0v) is 9.75. The highest BCUT2D eigenvalue weighted by Crippen LogP contribution is 2.08. The lowest BCUT2D eigenvalue weighted by Gasteiger charge is -2.25. The van der Waals surface area contributed by atoms with Gasteiger partial charge in [0, 0.05) is 25.6 Å². The molecule has 1 heterocycles. The molecule has 1 rings (SSSR count). The van der Waals surface area contributed by atoms with E-state index in [0.717, 1.165) is 6.54 Å². The highest BCUT2D eigenvalue weighted by Gasteiger charge is 2.24. The number of carbonyl (C=O) groups excluding carboxylic acids is 2. The predicted molar refractivity (Wildman–Crippen MR) is 58.5 cm³/mol. The van der Waals surface area contributed by atoms with Gasteiger partial charge in [-0.2, -0.15) is 0 Å². The maximum Gasteiger partial charge on any atom is 0.221 e. The van der Waals surface area contributed by atoms with Gasteiger partial charge in [-0.05, 0) is 12.8 Å². The lowest BCUT2D eigenvalue weighted by Crippen LogP contribution is -2.43. The van der Waals surface area contributed by atoms with Crippen LogP contribution in [0.5, 0.6) is 0 Å². The van der Waals surface area contributed by atoms with Crippen molar-refractivity contribution in [3.63, 3.8) is 0 Å². The van der Waals surface area contributed by atoms with Crippen molar-refractivity contribution in [3.8, 4) is 0 Å². The van der Waals surface area contributed by atoms with Gasteiger partial charge in [0.1, 0.15) is 5.78 Å². The Hall–Kier alpha value is -0.900. The van der Waals surface area contributed by atoms with Crippen LogP contribution < -0.4 is 5.32 Å². The van der Waals surface area contributed by atoms with Gasteiger partial charge in [0.05, 0.1) is 6.54 Å². The van der Waals surface area contributed by atoms with Gasteiger partial charge >= 0.3 is 0 Å². The standard InChI is InChI=1S/C11H20N2O2/c1-8(2)10-7-13(6-9(3)14)5-4-11(15)12-10/h8,10H,4-7H2,1-3H3,(H,12,15). The average molecular weight is 212 g/mol. The van der Waals surface area contributed by atoms with Crippen molar-refractivity contribution in [3.05, 3.63) is 0 Å². The summed E-state index contributed by atoms with van der Waals surface area (Å²) in [6, 6.07) is 0.166. The van der Waals surface area contributed by atoms with E-state index >= 15 is 0 Å². The number of hydrogen-bond acceptors (Lipinski definition) is 3. The quantitative estimate of drug-likeness (QED) is 0.737. The summed E-state index contributed by atoms with van der Waals surface area (Å²) in [6.07, 6.45) is 0.497. The highest BCUT2D eigenvalue weighted by molar-refractivity contribution is 5.78. The van der Waals surface area contributed by atoms with E-state index in [9.17, 15) is 9.59 Å². The van der Waals surface area contributed by atoms with E-state index in [1.54, 1.807) is 6.92 Å². The number of ketones is 1. The highest BCUT2D eigenvalue weighted by atomic mass is 16.1. The van der Waals surface area contributed by atoms with Crippen LogP contribution in [0.2, 0.25) is 0 Å². The second-order valence-corrected chi connectivity index (χ2v) is 4.61. The van der Waals surface area contributed by atoms with Crippen LogP contribution in [-0.4, -0.2) is 42.3 Å². The van der Waals surface area contributed by atoms with Crippen LogP contribution >= 0.6 is 0 Å². The minimum absolute atomic E-state index is 0.0970. The van der Waals surface area contributed by atoms with Gasteiger partial charge in [-0.3, -0.25) is 14.5 Å². The predicted octanol–water partition coefficient (Wildman–Crippen LogP) is 0.422. The summed E-state index contributed by atoms with van der Waals surface area (Å²) in [5, 5.41) is 2.99. The molecule has 1 atom stereocenters. The first-order valence-electron chi connectivity index (χ1n) is 5.50. The number of nitrogens with zero attached hydrogens (tertiary/aromatic N) is 1. The van der Waals surface area contributed by atoms with E-state index < -0.39 is 0 Å². The van der Waals surface area contributed by atoms with Gasteiger partial charge in [0.25, 0.3) is 0 Å². The molecule has 0 spiro atoms. The molecule has 4 heteroatoms. The Morgan fingerprint density at radius 3 is 2.80 bits per heavy atom. The third-order valence-electron chi connectivity index (χ3n) is 2.71. The fraction of sp³-hybridized carbons (Fsp3) is 0.818. The smallest absolute Gasteiger partial charge is 0.221 e. The molecule has 0 aromatic carbocycles. The third-order valence-corrected chi connectivity index (χ3v) is 2.71. The minimum atomic E-state index is 0.0970. The maximum atomic E-state index is 11.4. The number of Topliss-reactive ketones (excluding diaryl/α,β-unsaturated/α-hetero) is 1. The minimum Gasteiger partial charge on any atom is -0.352 e. The van der Waals surface area contributed by atoms with E-state index in [2.05, 4.69) is 24.1 Å². The molecule has 0 aromatic rings. The van der Waals surface area contributed by atoms with Gasteiger partial charge in [-0.15, -0.1) is 0 Å². The van der Waals surface area contributed by atoms with Crippen molar-refractivity contribution < 1.29 is 9.59 Å². The first kappa shape index (κ1) is 12.2. The molecule has 15 heavy (non-hydrogen) atoms. The summed E-state index contributed by atoms with van der Waals surface area (Å²) in [7, 11) is 0. The molecule has 1 unspecified atom stereocenters. The summed E-state index contributed by atoms with van der Waals surface area (Å²) in [5.41, 5.74) is 0. The third kappa shape index (κ3) is 4.00. The van der Waals surface area contributed by atoms with Crippen molar-refractivity contribution in [1.29, 1.82) is 0 Å². The van der Waals surface area contributed by atoms with Crippen LogP contribution in [0.15, 0.2) is 0 Å². The Morgan fingerprint density at radius 2 is 2.27 bits per heavy atom. The molecule has 0 saturated carbocycles. The van der Waals surface area contributed by atoms with Crippen LogP contribution in [-0.2, 0) is 9.59 Å². The molecule has 1 fully saturated rings. The Morgan fingerprint density at radius 1 is 1.60 bits per heavy atom. The Labute approximate surface area is 91.0 Å². The summed E-state index contributed by atoms with van der Waals surface area (Å²) >= 11 is 0. The monoisotopic (exact) mass is 212 g/mol. The molecule has 1 aliphatic rings. The molecule has 1 saturated heterocycles. The van der Waals surface area contributed by atoms with Crippen LogP contribution in [0.25, 0.3) is 0 Å². The second kappa shape index (κ2) is 5.26. The molecule has 0 aliphatic carbocycles. The van der Waals surface area contributed by atoms with Gasteiger partial charge in [0.15, 0.2) is 0 Å². The summed E-state index contributed by atoms with van der Waals surface area (Å²) in [4.78, 5) is 24.5. The maximum absolute atomic E-state index is 11.4. The SMILES string of the molecule is CC(=O)CN1CCC(=O)NC(C(C)C)C1. The van der Waals surface area contributed by atoms with Gasteiger partial charge < -0.3 is 5.32 Å². The molecule has 4 nitrogen and oxygen atoms in total. The molecule has 0 bridgehead atoms. The lowest BCUT2D eigenvalue weighted by atomic mass is 10.0. The zero-order chi connectivity index (χ0) is 11.4. The summed E-state index contributed by atoms with van der Waals surface area (Å²) in [6.45, 7) is 7.69. The number of nitrogens with one attached hydrogen (secondary N) is 1. The normalized spacial score (nSPS) is 23.7. The number of rotatable bonds is 3. The van der Waals surface area contributed by atoms with Crippen molar-refractivity contribution in [2.24, 2.45) is 5.92 Å². The zero-order valence-electron chi connectivity index (χ0n) is 9.75. The number of hydrogen-bond donors (Lipinski definition) is 1. The first-order valence-corrected chi connectivity index (χ1v) is 5.50. The van der Waals surface area contributed by atoms with Gasteiger partial charge in [-0.1, -0.05) is 13.8 Å². The van der Waals surface area contributed by atoms with Crippen LogP contribution in [0, 0.1) is 5.92 Å². The molecule has 1 aliphatic heterocycles. The van der Waals surface area contributed by atoms with E-state index in [4.69, 9.17) is 0 Å². The fourth-order valence-electron chi connectivity index (χ4n) is 1.79. The van der Waals surface area contributed by atoms with Crippen LogP contribution in [0.1, 0.15) is 27.2 Å². The number of amides is 1. The molecule has 1 amide bonds. The van der Waals surface area contributed by atoms with Gasteiger partial charge in [-0.25, -0.2) is 0 Å². The average Bonchev–Trinajstić information content (AvgIpc) is 2.27. The number of carbonyl (C=O) groups is 2. The fourth-order valence-corrected chi connectivity index (χ4v) is 1.79. The van der Waals surface area contributed by atoms with Crippen molar-refractivity contribution in [1.82, 2.24) is 10.2 Å². The Bertz CT molecular complexity index is 251. The summed E-state index contributed by atoms with van der Waals surface area (Å²) in [5.74, 6) is 0.660. The largest absolute Gasteiger partial charge is 0.352 e. The molecular formula is C11H20N2O2. The molecule has 0 aromatic heterocycles. The van der Waals surface area contributed by atoms with E-state index in [-0.39, 0.29) is 17.7 Å². The lowest BCUT2D eigenvalue weighted by molar-refractivity contribution is -0.122. The van der Waals surface area contributed by atoms with Crippen molar-refractivity contribution >= 4 is 11.7 Å². The molecule has 0 radical (unpaired) electrons.